The number of hydrogen-bond donors (Lipinski definition) is 1. The molecule has 0 aliphatic carbocycles. The van der Waals surface area contributed by atoms with Gasteiger partial charge >= 0.3 is 0 Å². The van der Waals surface area contributed by atoms with Crippen LogP contribution in [0.25, 0.3) is 0 Å². The van der Waals surface area contributed by atoms with E-state index in [2.05, 4.69) is 5.32 Å². The van der Waals surface area contributed by atoms with Gasteiger partial charge in [0.25, 0.3) is 0 Å². The second kappa shape index (κ2) is 5.71. The maximum Gasteiger partial charge on any atom is 0.247 e. The molecule has 0 bridgehead atoms. The lowest BCUT2D eigenvalue weighted by molar-refractivity contribution is -0.131. The monoisotopic (exact) mass is 296 g/mol. The Balaban J connectivity index is 2.45. The van der Waals surface area contributed by atoms with Crippen molar-refractivity contribution >= 4 is 29.1 Å². The van der Waals surface area contributed by atoms with E-state index in [-0.39, 0.29) is 24.3 Å². The fraction of sp³-hybridized carbons (Fsp3) is 0.429. The number of carbonyl (C=O) groups excluding carboxylic acids is 2. The van der Waals surface area contributed by atoms with E-state index in [1.54, 1.807) is 18.2 Å². The molecule has 1 unspecified atom stereocenters. The van der Waals surface area contributed by atoms with Crippen LogP contribution in [-0.2, 0) is 9.59 Å². The Labute approximate surface area is 122 Å². The van der Waals surface area contributed by atoms with E-state index in [1.165, 1.54) is 12.0 Å². The number of nitrogens with one attached hydrogen (secondary N) is 1. The molecule has 6 heteroatoms. The number of rotatable bonds is 3. The molecule has 1 fully saturated rings. The third-order valence-electron chi connectivity index (χ3n) is 3.27. The number of methoxy groups -OCH3 is 1. The van der Waals surface area contributed by atoms with Gasteiger partial charge in [0, 0.05) is 11.8 Å². The van der Waals surface area contributed by atoms with Gasteiger partial charge in [0.05, 0.1) is 18.7 Å². The molecule has 1 aliphatic rings. The summed E-state index contributed by atoms with van der Waals surface area (Å²) in [6.07, 6.45) is 0. The van der Waals surface area contributed by atoms with E-state index >= 15 is 0 Å². The minimum Gasteiger partial charge on any atom is -0.495 e. The average Bonchev–Trinajstić information content (AvgIpc) is 2.41. The van der Waals surface area contributed by atoms with E-state index in [0.29, 0.717) is 16.5 Å². The van der Waals surface area contributed by atoms with Crippen LogP contribution in [0.15, 0.2) is 18.2 Å². The maximum atomic E-state index is 12.2. The van der Waals surface area contributed by atoms with Crippen molar-refractivity contribution in [2.45, 2.75) is 19.9 Å². The molecule has 0 radical (unpaired) electrons. The number of amides is 2. The molecule has 5 nitrogen and oxygen atoms in total. The molecule has 1 N–H and O–H groups in total. The van der Waals surface area contributed by atoms with Crippen molar-refractivity contribution in [2.24, 2.45) is 5.92 Å². The Bertz CT molecular complexity index is 545. The zero-order valence-corrected chi connectivity index (χ0v) is 12.4. The minimum absolute atomic E-state index is 0.000855. The second-order valence-corrected chi connectivity index (χ2v) is 5.40. The molecule has 1 heterocycles. The highest BCUT2D eigenvalue weighted by Gasteiger charge is 2.37. The lowest BCUT2D eigenvalue weighted by Gasteiger charge is -2.37. The number of nitrogens with zero attached hydrogens (tertiary/aromatic N) is 1. The van der Waals surface area contributed by atoms with Crippen molar-refractivity contribution < 1.29 is 14.3 Å². The summed E-state index contributed by atoms with van der Waals surface area (Å²) in [6, 6.07) is 4.53. The molecule has 20 heavy (non-hydrogen) atoms. The van der Waals surface area contributed by atoms with Gasteiger partial charge in [-0.1, -0.05) is 25.4 Å². The summed E-state index contributed by atoms with van der Waals surface area (Å²) < 4.78 is 5.16. The number of ether oxygens (including phenoxy) is 1. The molecular weight excluding hydrogens is 280 g/mol. The van der Waals surface area contributed by atoms with Gasteiger partial charge in [-0.05, 0) is 18.1 Å². The van der Waals surface area contributed by atoms with Crippen LogP contribution >= 0.6 is 11.6 Å². The van der Waals surface area contributed by atoms with E-state index in [9.17, 15) is 9.59 Å². The zero-order valence-electron chi connectivity index (χ0n) is 11.6. The maximum absolute atomic E-state index is 12.2. The Morgan fingerprint density at radius 2 is 2.10 bits per heavy atom. The van der Waals surface area contributed by atoms with Gasteiger partial charge in [-0.25, -0.2) is 0 Å². The number of carbonyl (C=O) groups is 2. The van der Waals surface area contributed by atoms with Crippen LogP contribution in [-0.4, -0.2) is 31.5 Å². The Hall–Kier alpha value is -1.75. The Kier molecular flexibility index (Phi) is 4.18. The predicted molar refractivity (Wildman–Crippen MR) is 77.1 cm³/mol. The Morgan fingerprint density at radius 3 is 2.70 bits per heavy atom. The number of piperazine rings is 1. The lowest BCUT2D eigenvalue weighted by Crippen LogP contribution is -2.60. The predicted octanol–water partition coefficient (Wildman–Crippen LogP) is 1.84. The van der Waals surface area contributed by atoms with Crippen molar-refractivity contribution in [3.05, 3.63) is 23.2 Å². The highest BCUT2D eigenvalue weighted by atomic mass is 35.5. The van der Waals surface area contributed by atoms with Crippen LogP contribution in [0.3, 0.4) is 0 Å². The lowest BCUT2D eigenvalue weighted by atomic mass is 9.98. The molecule has 108 valence electrons. The molecule has 0 spiro atoms. The van der Waals surface area contributed by atoms with Crippen LogP contribution < -0.4 is 15.0 Å². The van der Waals surface area contributed by atoms with Crippen LogP contribution in [0.5, 0.6) is 5.75 Å². The summed E-state index contributed by atoms with van der Waals surface area (Å²) in [5.74, 6) is 0.188. The molecule has 0 saturated carbocycles. The van der Waals surface area contributed by atoms with Gasteiger partial charge in [0.2, 0.25) is 11.8 Å². The van der Waals surface area contributed by atoms with Gasteiger partial charge in [-0.15, -0.1) is 0 Å². The van der Waals surface area contributed by atoms with Gasteiger partial charge in [0.1, 0.15) is 11.8 Å². The molecular formula is C14H17ClN2O3. The summed E-state index contributed by atoms with van der Waals surface area (Å²) >= 11 is 5.99. The van der Waals surface area contributed by atoms with Crippen LogP contribution in [0, 0.1) is 5.92 Å². The van der Waals surface area contributed by atoms with Crippen molar-refractivity contribution in [3.63, 3.8) is 0 Å². The topological polar surface area (TPSA) is 58.6 Å². The van der Waals surface area contributed by atoms with Crippen molar-refractivity contribution in [3.8, 4) is 5.75 Å². The third kappa shape index (κ3) is 2.58. The summed E-state index contributed by atoms with van der Waals surface area (Å²) in [5.41, 5.74) is 0.616. The largest absolute Gasteiger partial charge is 0.495 e. The zero-order chi connectivity index (χ0) is 14.9. The third-order valence-corrected chi connectivity index (χ3v) is 3.59. The van der Waals surface area contributed by atoms with Crippen molar-refractivity contribution in [1.29, 1.82) is 0 Å². The van der Waals surface area contributed by atoms with E-state index in [1.807, 2.05) is 13.8 Å². The fourth-order valence-electron chi connectivity index (χ4n) is 2.33. The van der Waals surface area contributed by atoms with Crippen LogP contribution in [0.2, 0.25) is 5.02 Å². The number of hydrogen-bond acceptors (Lipinski definition) is 3. The minimum atomic E-state index is -0.526. The van der Waals surface area contributed by atoms with Crippen LogP contribution in [0.4, 0.5) is 5.69 Å². The normalized spacial score (nSPS) is 19.2. The van der Waals surface area contributed by atoms with E-state index < -0.39 is 6.04 Å². The highest BCUT2D eigenvalue weighted by molar-refractivity contribution is 6.32. The fourth-order valence-corrected chi connectivity index (χ4v) is 2.52. The SMILES string of the molecule is COc1cc(N2C(=O)CNC(=O)C2C(C)C)ccc1Cl. The van der Waals surface area contributed by atoms with Gasteiger partial charge in [-0.3, -0.25) is 14.5 Å². The molecule has 2 rings (SSSR count). The summed E-state index contributed by atoms with van der Waals surface area (Å²) in [6.45, 7) is 3.82. The summed E-state index contributed by atoms with van der Waals surface area (Å²) in [4.78, 5) is 25.7. The summed E-state index contributed by atoms with van der Waals surface area (Å²) in [7, 11) is 1.51. The molecule has 1 aromatic carbocycles. The number of benzene rings is 1. The number of anilines is 1. The first kappa shape index (κ1) is 14.7. The standard InChI is InChI=1S/C14H17ClN2O3/c1-8(2)13-14(19)16-7-12(18)17(13)9-4-5-10(15)11(6-9)20-3/h4-6,8,13H,7H2,1-3H3,(H,16,19). The molecule has 0 aromatic heterocycles. The van der Waals surface area contributed by atoms with Gasteiger partial charge < -0.3 is 10.1 Å². The van der Waals surface area contributed by atoms with Gasteiger partial charge in [0.15, 0.2) is 0 Å². The first-order valence-corrected chi connectivity index (χ1v) is 6.76. The second-order valence-electron chi connectivity index (χ2n) is 4.99. The first-order chi connectivity index (χ1) is 9.45. The summed E-state index contributed by atoms with van der Waals surface area (Å²) in [5, 5.41) is 3.08. The Morgan fingerprint density at radius 1 is 1.40 bits per heavy atom. The van der Waals surface area contributed by atoms with Crippen LogP contribution in [0.1, 0.15) is 13.8 Å². The van der Waals surface area contributed by atoms with Crippen molar-refractivity contribution in [2.75, 3.05) is 18.6 Å². The van der Waals surface area contributed by atoms with Crippen molar-refractivity contribution in [1.82, 2.24) is 5.32 Å². The smallest absolute Gasteiger partial charge is 0.247 e. The quantitative estimate of drug-likeness (QED) is 0.926. The number of halogens is 1. The highest BCUT2D eigenvalue weighted by Crippen LogP contribution is 2.32. The molecule has 2 amide bonds. The average molecular weight is 297 g/mol. The van der Waals surface area contributed by atoms with E-state index in [4.69, 9.17) is 16.3 Å². The van der Waals surface area contributed by atoms with Gasteiger partial charge in [-0.2, -0.15) is 0 Å². The molecule has 1 aliphatic heterocycles. The van der Waals surface area contributed by atoms with E-state index in [0.717, 1.165) is 0 Å². The molecule has 1 saturated heterocycles. The molecule has 1 atom stereocenters. The molecule has 1 aromatic rings. The first-order valence-electron chi connectivity index (χ1n) is 6.39.